The van der Waals surface area contributed by atoms with Gasteiger partial charge in [0.2, 0.25) is 0 Å². The van der Waals surface area contributed by atoms with E-state index in [0.717, 1.165) is 5.56 Å². The molecule has 0 unspecified atom stereocenters. The molecule has 6 nitrogen and oxygen atoms in total. The lowest BCUT2D eigenvalue weighted by atomic mass is 9.92. The number of hydrogen-bond acceptors (Lipinski definition) is 4. The molecule has 21 heavy (non-hydrogen) atoms. The van der Waals surface area contributed by atoms with Gasteiger partial charge in [0.1, 0.15) is 11.4 Å². The zero-order valence-electron chi connectivity index (χ0n) is 12.3. The Morgan fingerprint density at radius 3 is 2.57 bits per heavy atom. The summed E-state index contributed by atoms with van der Waals surface area (Å²) >= 11 is 0. The number of ether oxygens (including phenoxy) is 1. The van der Waals surface area contributed by atoms with Gasteiger partial charge in [0, 0.05) is 6.54 Å². The van der Waals surface area contributed by atoms with Crippen LogP contribution in [0.3, 0.4) is 0 Å². The number of fused-ring (bicyclic) bond motifs is 1. The van der Waals surface area contributed by atoms with Crippen molar-refractivity contribution in [2.75, 3.05) is 6.54 Å². The first kappa shape index (κ1) is 15.2. The van der Waals surface area contributed by atoms with Crippen LogP contribution in [0, 0.1) is 0 Å². The molecule has 0 aliphatic carbocycles. The van der Waals surface area contributed by atoms with E-state index < -0.39 is 23.7 Å². The minimum Gasteiger partial charge on any atom is -0.508 e. The van der Waals surface area contributed by atoms with Gasteiger partial charge in [-0.2, -0.15) is 0 Å². The predicted octanol–water partition coefficient (Wildman–Crippen LogP) is 2.31. The lowest BCUT2D eigenvalue weighted by Crippen LogP contribution is -2.45. The fraction of sp³-hybridized carbons (Fsp3) is 0.467. The molecule has 0 spiro atoms. The van der Waals surface area contributed by atoms with Crippen LogP contribution in [0.1, 0.15) is 37.9 Å². The Kier molecular flexibility index (Phi) is 3.80. The van der Waals surface area contributed by atoms with Crippen LogP contribution in [-0.4, -0.2) is 39.3 Å². The number of phenolic OH excluding ortho intramolecular Hbond substituents is 1. The zero-order chi connectivity index (χ0) is 15.8. The first-order valence-electron chi connectivity index (χ1n) is 6.73. The summed E-state index contributed by atoms with van der Waals surface area (Å²) in [6, 6.07) is 3.41. The summed E-state index contributed by atoms with van der Waals surface area (Å²) < 4.78 is 5.27. The van der Waals surface area contributed by atoms with Gasteiger partial charge in [-0.25, -0.2) is 9.59 Å². The molecular formula is C15H19NO5. The highest BCUT2D eigenvalue weighted by atomic mass is 16.6. The van der Waals surface area contributed by atoms with Crippen molar-refractivity contribution in [1.29, 1.82) is 0 Å². The Hall–Kier alpha value is -2.24. The fourth-order valence-corrected chi connectivity index (χ4v) is 2.40. The van der Waals surface area contributed by atoms with Crippen molar-refractivity contribution in [3.05, 3.63) is 29.3 Å². The molecular weight excluding hydrogens is 274 g/mol. The monoisotopic (exact) mass is 293 g/mol. The van der Waals surface area contributed by atoms with E-state index in [-0.39, 0.29) is 12.3 Å². The van der Waals surface area contributed by atoms with E-state index in [9.17, 15) is 19.8 Å². The smallest absolute Gasteiger partial charge is 0.411 e. The van der Waals surface area contributed by atoms with Crippen LogP contribution in [0.4, 0.5) is 4.79 Å². The van der Waals surface area contributed by atoms with Crippen molar-refractivity contribution in [3.8, 4) is 5.75 Å². The first-order chi connectivity index (χ1) is 9.69. The van der Waals surface area contributed by atoms with E-state index in [0.29, 0.717) is 12.0 Å². The maximum atomic E-state index is 12.2. The van der Waals surface area contributed by atoms with Gasteiger partial charge in [0.15, 0.2) is 6.04 Å². The summed E-state index contributed by atoms with van der Waals surface area (Å²) in [5.41, 5.74) is 0.564. The molecule has 1 aliphatic rings. The van der Waals surface area contributed by atoms with Crippen molar-refractivity contribution >= 4 is 12.1 Å². The van der Waals surface area contributed by atoms with Gasteiger partial charge in [0.05, 0.1) is 0 Å². The average molecular weight is 293 g/mol. The third-order valence-corrected chi connectivity index (χ3v) is 3.22. The van der Waals surface area contributed by atoms with Gasteiger partial charge >= 0.3 is 12.1 Å². The van der Waals surface area contributed by atoms with E-state index >= 15 is 0 Å². The molecule has 2 N–H and O–H groups in total. The molecule has 114 valence electrons. The highest BCUT2D eigenvalue weighted by molar-refractivity contribution is 5.82. The van der Waals surface area contributed by atoms with E-state index in [1.54, 1.807) is 26.8 Å². The maximum absolute atomic E-state index is 12.2. The molecule has 0 bridgehead atoms. The molecule has 2 rings (SSSR count). The molecule has 0 saturated heterocycles. The fourth-order valence-electron chi connectivity index (χ4n) is 2.40. The van der Waals surface area contributed by atoms with Crippen molar-refractivity contribution in [3.63, 3.8) is 0 Å². The molecule has 1 heterocycles. The summed E-state index contributed by atoms with van der Waals surface area (Å²) in [6.07, 6.45) is -0.166. The van der Waals surface area contributed by atoms with Crippen LogP contribution in [0.2, 0.25) is 0 Å². The molecule has 0 aromatic heterocycles. The highest BCUT2D eigenvalue weighted by Gasteiger charge is 2.38. The largest absolute Gasteiger partial charge is 0.508 e. The van der Waals surface area contributed by atoms with Crippen LogP contribution in [0.5, 0.6) is 5.75 Å². The predicted molar refractivity (Wildman–Crippen MR) is 75.1 cm³/mol. The van der Waals surface area contributed by atoms with Gasteiger partial charge in [-0.15, -0.1) is 0 Å². The summed E-state index contributed by atoms with van der Waals surface area (Å²) in [5, 5.41) is 18.9. The zero-order valence-corrected chi connectivity index (χ0v) is 12.3. The quantitative estimate of drug-likeness (QED) is 0.829. The number of amides is 1. The summed E-state index contributed by atoms with van der Waals surface area (Å²) in [5.74, 6) is -1.03. The molecule has 0 saturated carbocycles. The van der Waals surface area contributed by atoms with Crippen LogP contribution >= 0.6 is 0 Å². The van der Waals surface area contributed by atoms with Crippen molar-refractivity contribution in [2.45, 2.75) is 38.8 Å². The van der Waals surface area contributed by atoms with E-state index in [1.807, 2.05) is 0 Å². The number of rotatable bonds is 1. The Labute approximate surface area is 122 Å². The number of carboxylic acids is 1. The normalized spacial score (nSPS) is 18.0. The minimum atomic E-state index is -1.12. The molecule has 1 aromatic carbocycles. The van der Waals surface area contributed by atoms with Crippen molar-refractivity contribution in [2.24, 2.45) is 0 Å². The van der Waals surface area contributed by atoms with Crippen LogP contribution in [-0.2, 0) is 16.0 Å². The number of carboxylic acid groups (broad SMARTS) is 1. The maximum Gasteiger partial charge on any atom is 0.411 e. The number of phenols is 1. The van der Waals surface area contributed by atoms with Gasteiger partial charge in [-0.1, -0.05) is 6.07 Å². The number of hydrogen-bond donors (Lipinski definition) is 2. The van der Waals surface area contributed by atoms with E-state index in [4.69, 9.17) is 4.74 Å². The standard InChI is InChI=1S/C15H19NO5/c1-15(2,3)21-14(20)16-7-6-9-8-10(17)4-5-11(9)12(16)13(18)19/h4-5,8,12,17H,6-7H2,1-3H3,(H,18,19)/t12-/m0/s1. The lowest BCUT2D eigenvalue weighted by molar-refractivity contribution is -0.143. The second kappa shape index (κ2) is 5.27. The number of aliphatic carboxylic acids is 1. The molecule has 0 radical (unpaired) electrons. The molecule has 1 aliphatic heterocycles. The van der Waals surface area contributed by atoms with Gasteiger partial charge in [-0.05, 0) is 50.5 Å². The van der Waals surface area contributed by atoms with Crippen molar-refractivity contribution < 1.29 is 24.5 Å². The van der Waals surface area contributed by atoms with Crippen LogP contribution < -0.4 is 0 Å². The second-order valence-corrected chi connectivity index (χ2v) is 6.05. The topological polar surface area (TPSA) is 87.1 Å². The van der Waals surface area contributed by atoms with Crippen LogP contribution in [0.15, 0.2) is 18.2 Å². The summed E-state index contributed by atoms with van der Waals surface area (Å²) in [7, 11) is 0. The third-order valence-electron chi connectivity index (χ3n) is 3.22. The van der Waals surface area contributed by atoms with E-state index in [1.165, 1.54) is 17.0 Å². The summed E-state index contributed by atoms with van der Waals surface area (Å²) in [6.45, 7) is 5.44. The third kappa shape index (κ3) is 3.26. The van der Waals surface area contributed by atoms with Crippen molar-refractivity contribution in [1.82, 2.24) is 4.90 Å². The Bertz CT molecular complexity index is 576. The number of nitrogens with zero attached hydrogens (tertiary/aromatic N) is 1. The van der Waals surface area contributed by atoms with Gasteiger partial charge in [0.25, 0.3) is 0 Å². The Morgan fingerprint density at radius 1 is 1.33 bits per heavy atom. The highest BCUT2D eigenvalue weighted by Crippen LogP contribution is 2.33. The minimum absolute atomic E-state index is 0.0867. The average Bonchev–Trinajstić information content (AvgIpc) is 2.34. The first-order valence-corrected chi connectivity index (χ1v) is 6.73. The number of carbonyl (C=O) groups excluding carboxylic acids is 1. The second-order valence-electron chi connectivity index (χ2n) is 6.05. The Morgan fingerprint density at radius 2 is 2.00 bits per heavy atom. The summed E-state index contributed by atoms with van der Waals surface area (Å²) in [4.78, 5) is 25.0. The van der Waals surface area contributed by atoms with Crippen LogP contribution in [0.25, 0.3) is 0 Å². The van der Waals surface area contributed by atoms with Gasteiger partial charge in [-0.3, -0.25) is 4.90 Å². The molecule has 6 heteroatoms. The molecule has 1 amide bonds. The Balaban J connectivity index is 2.35. The number of benzene rings is 1. The van der Waals surface area contributed by atoms with Gasteiger partial charge < -0.3 is 14.9 Å². The SMILES string of the molecule is CC(C)(C)OC(=O)N1CCc2cc(O)ccc2[C@H]1C(=O)O. The molecule has 1 aromatic rings. The number of aromatic hydroxyl groups is 1. The molecule has 0 fully saturated rings. The lowest BCUT2D eigenvalue weighted by Gasteiger charge is -2.35. The number of carbonyl (C=O) groups is 2. The van der Waals surface area contributed by atoms with E-state index in [2.05, 4.69) is 0 Å². The molecule has 1 atom stereocenters.